The van der Waals surface area contributed by atoms with Crippen molar-refractivity contribution in [1.29, 1.82) is 0 Å². The largest absolute Gasteiger partial charge is 0.290 e. The fraction of sp³-hybridized carbons (Fsp3) is 0.188. The molecule has 0 saturated carbocycles. The van der Waals surface area contributed by atoms with Crippen molar-refractivity contribution in [3.05, 3.63) is 60.2 Å². The van der Waals surface area contributed by atoms with Crippen LogP contribution in [0.25, 0.3) is 11.1 Å². The van der Waals surface area contributed by atoms with Crippen LogP contribution in [0.1, 0.15) is 17.3 Å². The highest BCUT2D eigenvalue weighted by atomic mass is 127. The molecular formula is C16H14BrIO3S. The summed E-state index contributed by atoms with van der Waals surface area (Å²) >= 11 is 4.73. The van der Waals surface area contributed by atoms with E-state index in [0.29, 0.717) is 5.56 Å². The Morgan fingerprint density at radius 2 is 1.55 bits per heavy atom. The van der Waals surface area contributed by atoms with Crippen molar-refractivity contribution in [2.45, 2.75) is 8.59 Å². The Morgan fingerprint density at radius 3 is 2.05 bits per heavy atom. The summed E-state index contributed by atoms with van der Waals surface area (Å²) in [5, 5.41) is 0. The fourth-order valence-corrected chi connectivity index (χ4v) is 4.86. The lowest BCUT2D eigenvalue weighted by atomic mass is 10.0. The summed E-state index contributed by atoms with van der Waals surface area (Å²) in [6, 6.07) is 16.7. The van der Waals surface area contributed by atoms with E-state index >= 15 is 0 Å². The molecule has 0 aromatic heterocycles. The zero-order chi connectivity index (χ0) is 16.4. The van der Waals surface area contributed by atoms with Gasteiger partial charge >= 0.3 is 0 Å². The topological polar surface area (TPSA) is 51.2 Å². The normalized spacial score (nSPS) is 14.3. The molecule has 0 saturated heterocycles. The first-order valence-corrected chi connectivity index (χ1v) is 10.1. The Morgan fingerprint density at radius 1 is 1.05 bits per heavy atom. The molecule has 0 aliphatic carbocycles. The van der Waals surface area contributed by atoms with E-state index in [1.807, 2.05) is 42.5 Å². The van der Waals surface area contributed by atoms with E-state index in [-0.39, 0.29) is 5.75 Å². The molecule has 0 aliphatic heterocycles. The molecule has 0 fully saturated rings. The van der Waals surface area contributed by atoms with E-state index in [9.17, 15) is 13.2 Å². The van der Waals surface area contributed by atoms with Gasteiger partial charge < -0.3 is 0 Å². The molecule has 2 aromatic rings. The highest BCUT2D eigenvalue weighted by Crippen LogP contribution is 2.37. The van der Waals surface area contributed by atoms with Gasteiger partial charge in [-0.3, -0.25) is 4.79 Å². The van der Waals surface area contributed by atoms with Crippen LogP contribution in [0.5, 0.6) is 0 Å². The Kier molecular flexibility index (Phi) is 5.45. The minimum atomic E-state index is -3.55. The van der Waals surface area contributed by atoms with E-state index < -0.39 is 17.3 Å². The zero-order valence-electron chi connectivity index (χ0n) is 11.8. The summed E-state index contributed by atoms with van der Waals surface area (Å²) in [6.07, 6.45) is 0. The van der Waals surface area contributed by atoms with Crippen LogP contribution >= 0.6 is 38.5 Å². The number of Topliss-reactive ketones (excluding diaryl/α,β-unsaturated/α-hetero) is 1. The number of sulfone groups is 1. The Balaban J connectivity index is 2.33. The van der Waals surface area contributed by atoms with Gasteiger partial charge in [-0.2, -0.15) is 0 Å². The monoisotopic (exact) mass is 492 g/mol. The quantitative estimate of drug-likeness (QED) is 0.352. The number of carbonyl (C=O) groups excluding carboxylic acids is 1. The van der Waals surface area contributed by atoms with Gasteiger partial charge in [0.2, 0.25) is 7.45 Å². The minimum absolute atomic E-state index is 0.102. The average Bonchev–Trinajstić information content (AvgIpc) is 2.55. The smallest absolute Gasteiger partial charge is 0.239 e. The Bertz CT molecular complexity index is 769. The van der Waals surface area contributed by atoms with Gasteiger partial charge in [0.25, 0.3) is 0 Å². The molecule has 2 rings (SSSR count). The molecule has 0 spiro atoms. The first-order chi connectivity index (χ1) is 10.3. The van der Waals surface area contributed by atoms with Crippen molar-refractivity contribution in [1.82, 2.24) is 0 Å². The van der Waals surface area contributed by atoms with E-state index in [2.05, 4.69) is 15.9 Å². The third-order valence-corrected chi connectivity index (χ3v) is 9.36. The van der Waals surface area contributed by atoms with Crippen LogP contribution < -0.4 is 0 Å². The summed E-state index contributed by atoms with van der Waals surface area (Å²) in [4.78, 5) is 12.5. The molecule has 2 aromatic carbocycles. The first-order valence-electron chi connectivity index (χ1n) is 6.60. The number of benzene rings is 2. The molecule has 3 nitrogen and oxygen atoms in total. The van der Waals surface area contributed by atoms with Crippen LogP contribution in [-0.4, -0.2) is 21.6 Å². The maximum Gasteiger partial charge on any atom is 0.239 e. The van der Waals surface area contributed by atoms with Crippen molar-refractivity contribution >= 4 is 54.1 Å². The third kappa shape index (κ3) is 3.44. The number of ketones is 1. The van der Waals surface area contributed by atoms with Gasteiger partial charge in [-0.25, -0.2) is 8.42 Å². The Hall–Kier alpha value is -0.730. The number of halogens is 2. The van der Waals surface area contributed by atoms with Gasteiger partial charge in [0.1, 0.15) is 0 Å². The summed E-state index contributed by atoms with van der Waals surface area (Å²) in [5.74, 6) is -0.566. The molecule has 6 heteroatoms. The molecule has 0 aliphatic rings. The molecule has 0 N–H and O–H groups in total. The SMILES string of the molecule is CCS(=O)(=O)C(Br)(I)C(=O)c1ccc(-c2ccccc2)cc1. The van der Waals surface area contributed by atoms with Gasteiger partial charge in [-0.05, 0) is 49.6 Å². The van der Waals surface area contributed by atoms with Crippen molar-refractivity contribution in [3.63, 3.8) is 0 Å². The molecule has 22 heavy (non-hydrogen) atoms. The fourth-order valence-electron chi connectivity index (χ4n) is 1.94. The molecule has 0 bridgehead atoms. The second-order valence-electron chi connectivity index (χ2n) is 4.69. The number of carbonyl (C=O) groups is 1. The predicted molar refractivity (Wildman–Crippen MR) is 101 cm³/mol. The number of hydrogen-bond acceptors (Lipinski definition) is 3. The highest BCUT2D eigenvalue weighted by molar-refractivity contribution is 14.1. The summed E-state index contributed by atoms with van der Waals surface area (Å²) in [7, 11) is -3.55. The molecule has 0 heterocycles. The molecule has 0 amide bonds. The standard InChI is InChI=1S/C16H14BrIO3S/c1-2-22(20,21)16(17,18)15(19)14-10-8-13(9-11-14)12-6-4-3-5-7-12/h3-11H,2H2,1H3. The minimum Gasteiger partial charge on any atom is -0.290 e. The molecule has 116 valence electrons. The van der Waals surface area contributed by atoms with Crippen molar-refractivity contribution < 1.29 is 13.2 Å². The Labute approximate surface area is 152 Å². The summed E-state index contributed by atoms with van der Waals surface area (Å²) < 4.78 is 22.5. The lowest BCUT2D eigenvalue weighted by Crippen LogP contribution is -2.35. The van der Waals surface area contributed by atoms with Crippen LogP contribution in [0.3, 0.4) is 0 Å². The summed E-state index contributed by atoms with van der Waals surface area (Å²) in [5.41, 5.74) is 2.38. The van der Waals surface area contributed by atoms with E-state index in [0.717, 1.165) is 11.1 Å². The maximum absolute atomic E-state index is 12.5. The molecule has 1 atom stereocenters. The highest BCUT2D eigenvalue weighted by Gasteiger charge is 2.45. The first kappa shape index (κ1) is 17.6. The second-order valence-corrected chi connectivity index (χ2v) is 12.7. The van der Waals surface area contributed by atoms with Gasteiger partial charge in [0.05, 0.1) is 5.75 Å². The summed E-state index contributed by atoms with van der Waals surface area (Å²) in [6.45, 7) is 1.52. The van der Waals surface area contributed by atoms with Crippen molar-refractivity contribution in [2.24, 2.45) is 0 Å². The zero-order valence-corrected chi connectivity index (χ0v) is 16.4. The maximum atomic E-state index is 12.5. The lowest BCUT2D eigenvalue weighted by molar-refractivity contribution is 0.101. The van der Waals surface area contributed by atoms with Gasteiger partial charge in [0.15, 0.2) is 9.84 Å². The van der Waals surface area contributed by atoms with Gasteiger partial charge in [-0.1, -0.05) is 61.5 Å². The van der Waals surface area contributed by atoms with Crippen LogP contribution in [0.15, 0.2) is 54.6 Å². The van der Waals surface area contributed by atoms with Gasteiger partial charge in [-0.15, -0.1) is 0 Å². The second kappa shape index (κ2) is 6.80. The lowest BCUT2D eigenvalue weighted by Gasteiger charge is -2.18. The van der Waals surface area contributed by atoms with E-state index in [1.54, 1.807) is 34.7 Å². The average molecular weight is 493 g/mol. The third-order valence-electron chi connectivity index (χ3n) is 3.29. The van der Waals surface area contributed by atoms with E-state index in [4.69, 9.17) is 0 Å². The molecule has 0 radical (unpaired) electrons. The molecule has 1 unspecified atom stereocenters. The van der Waals surface area contributed by atoms with Gasteiger partial charge in [0, 0.05) is 5.56 Å². The van der Waals surface area contributed by atoms with Crippen molar-refractivity contribution in [2.75, 3.05) is 5.75 Å². The van der Waals surface area contributed by atoms with Crippen LogP contribution in [-0.2, 0) is 9.84 Å². The van der Waals surface area contributed by atoms with Crippen LogP contribution in [0, 0.1) is 0 Å². The number of hydrogen-bond donors (Lipinski definition) is 0. The number of alkyl halides is 2. The predicted octanol–water partition coefficient (Wildman–Crippen LogP) is 4.45. The molecular weight excluding hydrogens is 479 g/mol. The van der Waals surface area contributed by atoms with Crippen LogP contribution in [0.2, 0.25) is 0 Å². The van der Waals surface area contributed by atoms with Crippen LogP contribution in [0.4, 0.5) is 0 Å². The van der Waals surface area contributed by atoms with Crippen molar-refractivity contribution in [3.8, 4) is 11.1 Å². The van der Waals surface area contributed by atoms with E-state index in [1.165, 1.54) is 6.92 Å². The number of rotatable bonds is 5.